The van der Waals surface area contributed by atoms with Crippen LogP contribution in [-0.4, -0.2) is 18.6 Å². The maximum absolute atomic E-state index is 3.50. The van der Waals surface area contributed by atoms with Crippen LogP contribution in [0.2, 0.25) is 0 Å². The smallest absolute Gasteiger partial charge is 0.0605 e. The SMILES string of the molecule is CC1CN(C(C)C)c2ccccc2N1. The third-order valence-electron chi connectivity index (χ3n) is 2.71. The summed E-state index contributed by atoms with van der Waals surface area (Å²) in [5, 5.41) is 3.50. The second-order valence-corrected chi connectivity index (χ2v) is 4.31. The van der Waals surface area contributed by atoms with E-state index in [9.17, 15) is 0 Å². The lowest BCUT2D eigenvalue weighted by Crippen LogP contribution is -2.43. The zero-order chi connectivity index (χ0) is 10.1. The number of hydrogen-bond donors (Lipinski definition) is 1. The summed E-state index contributed by atoms with van der Waals surface area (Å²) in [6, 6.07) is 9.64. The number of hydrogen-bond acceptors (Lipinski definition) is 2. The van der Waals surface area contributed by atoms with Gasteiger partial charge in [-0.1, -0.05) is 12.1 Å². The molecule has 0 bridgehead atoms. The van der Waals surface area contributed by atoms with Crippen molar-refractivity contribution in [2.24, 2.45) is 0 Å². The van der Waals surface area contributed by atoms with Gasteiger partial charge in [0.15, 0.2) is 0 Å². The number of para-hydroxylation sites is 2. The molecule has 0 saturated heterocycles. The molecule has 1 N–H and O–H groups in total. The lowest BCUT2D eigenvalue weighted by atomic mass is 10.1. The Hall–Kier alpha value is -1.18. The summed E-state index contributed by atoms with van der Waals surface area (Å²) in [7, 11) is 0. The fourth-order valence-electron chi connectivity index (χ4n) is 2.04. The van der Waals surface area contributed by atoms with Gasteiger partial charge in [-0.15, -0.1) is 0 Å². The monoisotopic (exact) mass is 190 g/mol. The van der Waals surface area contributed by atoms with Crippen molar-refractivity contribution in [1.29, 1.82) is 0 Å². The highest BCUT2D eigenvalue weighted by molar-refractivity contribution is 5.72. The number of nitrogens with one attached hydrogen (secondary N) is 1. The third-order valence-corrected chi connectivity index (χ3v) is 2.71. The highest BCUT2D eigenvalue weighted by Crippen LogP contribution is 2.31. The van der Waals surface area contributed by atoms with Gasteiger partial charge in [-0.2, -0.15) is 0 Å². The van der Waals surface area contributed by atoms with Crippen molar-refractivity contribution in [1.82, 2.24) is 0 Å². The van der Waals surface area contributed by atoms with Crippen molar-refractivity contribution in [2.45, 2.75) is 32.9 Å². The highest BCUT2D eigenvalue weighted by Gasteiger charge is 2.21. The minimum Gasteiger partial charge on any atom is -0.379 e. The van der Waals surface area contributed by atoms with Gasteiger partial charge in [0.1, 0.15) is 0 Å². The molecule has 1 atom stereocenters. The van der Waals surface area contributed by atoms with Crippen LogP contribution in [0.25, 0.3) is 0 Å². The standard InChI is InChI=1S/C12H18N2/c1-9(2)14-8-10(3)13-11-6-4-5-7-12(11)14/h4-7,9-10,13H,8H2,1-3H3. The van der Waals surface area contributed by atoms with E-state index in [1.165, 1.54) is 11.4 Å². The first kappa shape index (κ1) is 9.38. The predicted molar refractivity (Wildman–Crippen MR) is 62.0 cm³/mol. The molecule has 0 fully saturated rings. The van der Waals surface area contributed by atoms with E-state index in [-0.39, 0.29) is 0 Å². The molecule has 2 nitrogen and oxygen atoms in total. The third kappa shape index (κ3) is 1.57. The predicted octanol–water partition coefficient (Wildman–Crippen LogP) is 2.72. The van der Waals surface area contributed by atoms with Gasteiger partial charge < -0.3 is 10.2 Å². The molecule has 0 saturated carbocycles. The summed E-state index contributed by atoms with van der Waals surface area (Å²) >= 11 is 0. The van der Waals surface area contributed by atoms with Crippen LogP contribution < -0.4 is 10.2 Å². The maximum Gasteiger partial charge on any atom is 0.0605 e. The molecular formula is C12H18N2. The Morgan fingerprint density at radius 2 is 2.07 bits per heavy atom. The Labute approximate surface area is 85.9 Å². The summed E-state index contributed by atoms with van der Waals surface area (Å²) in [5.41, 5.74) is 2.60. The highest BCUT2D eigenvalue weighted by atomic mass is 15.2. The van der Waals surface area contributed by atoms with Gasteiger partial charge in [-0.25, -0.2) is 0 Å². The molecule has 1 aromatic rings. The van der Waals surface area contributed by atoms with Crippen molar-refractivity contribution in [3.8, 4) is 0 Å². The van der Waals surface area contributed by atoms with Crippen LogP contribution in [-0.2, 0) is 0 Å². The van der Waals surface area contributed by atoms with E-state index in [1.54, 1.807) is 0 Å². The van der Waals surface area contributed by atoms with E-state index in [0.29, 0.717) is 12.1 Å². The molecule has 1 aliphatic rings. The van der Waals surface area contributed by atoms with E-state index in [4.69, 9.17) is 0 Å². The first-order valence-electron chi connectivity index (χ1n) is 5.30. The van der Waals surface area contributed by atoms with E-state index in [1.807, 2.05) is 0 Å². The molecule has 2 rings (SSSR count). The summed E-state index contributed by atoms with van der Waals surface area (Å²) < 4.78 is 0. The molecule has 0 aliphatic carbocycles. The number of fused-ring (bicyclic) bond motifs is 1. The van der Waals surface area contributed by atoms with Crippen LogP contribution in [0.3, 0.4) is 0 Å². The lowest BCUT2D eigenvalue weighted by molar-refractivity contribution is 0.624. The average molecular weight is 190 g/mol. The minimum atomic E-state index is 0.535. The summed E-state index contributed by atoms with van der Waals surface area (Å²) in [5.74, 6) is 0. The van der Waals surface area contributed by atoms with Crippen LogP contribution in [0, 0.1) is 0 Å². The molecule has 0 amide bonds. The Morgan fingerprint density at radius 3 is 2.79 bits per heavy atom. The van der Waals surface area contributed by atoms with Gasteiger partial charge in [0.05, 0.1) is 11.4 Å². The van der Waals surface area contributed by atoms with Crippen molar-refractivity contribution in [2.75, 3.05) is 16.8 Å². The van der Waals surface area contributed by atoms with Crippen molar-refractivity contribution in [3.63, 3.8) is 0 Å². The topological polar surface area (TPSA) is 15.3 Å². The maximum atomic E-state index is 3.50. The fourth-order valence-corrected chi connectivity index (χ4v) is 2.04. The largest absolute Gasteiger partial charge is 0.379 e. The molecule has 1 aromatic carbocycles. The van der Waals surface area contributed by atoms with Gasteiger partial charge in [-0.05, 0) is 32.9 Å². The Bertz CT molecular complexity index is 320. The molecule has 1 aliphatic heterocycles. The number of nitrogens with zero attached hydrogens (tertiary/aromatic N) is 1. The van der Waals surface area contributed by atoms with Crippen LogP contribution >= 0.6 is 0 Å². The zero-order valence-corrected chi connectivity index (χ0v) is 9.12. The molecular weight excluding hydrogens is 172 g/mol. The van der Waals surface area contributed by atoms with Gasteiger partial charge in [0.25, 0.3) is 0 Å². The number of anilines is 2. The molecule has 1 heterocycles. The van der Waals surface area contributed by atoms with Crippen LogP contribution in [0.4, 0.5) is 11.4 Å². The van der Waals surface area contributed by atoms with Crippen LogP contribution in [0.5, 0.6) is 0 Å². The van der Waals surface area contributed by atoms with E-state index < -0.39 is 0 Å². The summed E-state index contributed by atoms with van der Waals surface area (Å²) in [6.07, 6.45) is 0. The lowest BCUT2D eigenvalue weighted by Gasteiger charge is -2.38. The van der Waals surface area contributed by atoms with E-state index >= 15 is 0 Å². The quantitative estimate of drug-likeness (QED) is 0.732. The first-order valence-corrected chi connectivity index (χ1v) is 5.30. The number of benzene rings is 1. The molecule has 2 heteroatoms. The summed E-state index contributed by atoms with van der Waals surface area (Å²) in [4.78, 5) is 2.45. The molecule has 0 radical (unpaired) electrons. The Morgan fingerprint density at radius 1 is 1.36 bits per heavy atom. The normalized spacial score (nSPS) is 20.6. The molecule has 0 aromatic heterocycles. The van der Waals surface area contributed by atoms with Crippen molar-refractivity contribution in [3.05, 3.63) is 24.3 Å². The molecule has 76 valence electrons. The van der Waals surface area contributed by atoms with E-state index in [0.717, 1.165) is 6.54 Å². The molecule has 1 unspecified atom stereocenters. The van der Waals surface area contributed by atoms with Gasteiger partial charge >= 0.3 is 0 Å². The second kappa shape index (κ2) is 3.52. The second-order valence-electron chi connectivity index (χ2n) is 4.31. The van der Waals surface area contributed by atoms with E-state index in [2.05, 4.69) is 55.3 Å². The summed E-state index contributed by atoms with van der Waals surface area (Å²) in [6.45, 7) is 7.81. The Balaban J connectivity index is 2.38. The van der Waals surface area contributed by atoms with Crippen LogP contribution in [0.15, 0.2) is 24.3 Å². The van der Waals surface area contributed by atoms with Crippen molar-refractivity contribution >= 4 is 11.4 Å². The van der Waals surface area contributed by atoms with Gasteiger partial charge in [0, 0.05) is 18.6 Å². The number of rotatable bonds is 1. The van der Waals surface area contributed by atoms with Gasteiger partial charge in [0.2, 0.25) is 0 Å². The minimum absolute atomic E-state index is 0.535. The zero-order valence-electron chi connectivity index (χ0n) is 9.12. The van der Waals surface area contributed by atoms with Gasteiger partial charge in [-0.3, -0.25) is 0 Å². The first-order chi connectivity index (χ1) is 6.68. The van der Waals surface area contributed by atoms with Crippen LogP contribution in [0.1, 0.15) is 20.8 Å². The Kier molecular flexibility index (Phi) is 2.36. The van der Waals surface area contributed by atoms with Crippen molar-refractivity contribution < 1.29 is 0 Å². The fraction of sp³-hybridized carbons (Fsp3) is 0.500. The molecule has 0 spiro atoms. The molecule has 14 heavy (non-hydrogen) atoms. The average Bonchev–Trinajstić information content (AvgIpc) is 2.16.